The lowest BCUT2D eigenvalue weighted by Crippen LogP contribution is -2.39. The molecule has 0 saturated carbocycles. The number of carboxylic acids is 1. The predicted molar refractivity (Wildman–Crippen MR) is 77.8 cm³/mol. The fourth-order valence-corrected chi connectivity index (χ4v) is 1.96. The first kappa shape index (κ1) is 19.2. The van der Waals surface area contributed by atoms with Crippen LogP contribution < -0.4 is 10.6 Å². The van der Waals surface area contributed by atoms with Gasteiger partial charge in [-0.15, -0.1) is 0 Å². The minimum atomic E-state index is -0.870. The fraction of sp³-hybridized carbons (Fsp3) is 0.786. The van der Waals surface area contributed by atoms with E-state index in [-0.39, 0.29) is 31.3 Å². The van der Waals surface area contributed by atoms with Gasteiger partial charge in [0.15, 0.2) is 0 Å². The molecule has 0 aromatic rings. The molecule has 21 heavy (non-hydrogen) atoms. The first-order chi connectivity index (χ1) is 9.85. The van der Waals surface area contributed by atoms with Crippen LogP contribution in [0.3, 0.4) is 0 Å². The van der Waals surface area contributed by atoms with Gasteiger partial charge < -0.3 is 20.5 Å². The van der Waals surface area contributed by atoms with Crippen LogP contribution in [0.1, 0.15) is 40.0 Å². The summed E-state index contributed by atoms with van der Waals surface area (Å²) in [5.74, 6) is -0.965. The molecule has 0 aromatic carbocycles. The number of carbonyl (C=O) groups excluding carboxylic acids is 2. The number of hydrogen-bond acceptors (Lipinski definition) is 4. The lowest BCUT2D eigenvalue weighted by Gasteiger charge is -2.18. The van der Waals surface area contributed by atoms with Crippen LogP contribution in [0.4, 0.5) is 4.79 Å². The third-order valence-electron chi connectivity index (χ3n) is 2.74. The number of carbonyl (C=O) groups is 3. The molecule has 0 heterocycles. The van der Waals surface area contributed by atoms with Crippen LogP contribution in [0.5, 0.6) is 0 Å². The minimum absolute atomic E-state index is 0.0291. The van der Waals surface area contributed by atoms with Crippen molar-refractivity contribution in [2.24, 2.45) is 11.8 Å². The molecule has 0 aliphatic rings. The molecular weight excluding hydrogens is 276 g/mol. The van der Waals surface area contributed by atoms with Crippen molar-refractivity contribution in [2.75, 3.05) is 19.7 Å². The van der Waals surface area contributed by atoms with Crippen LogP contribution in [0, 0.1) is 11.8 Å². The zero-order valence-electron chi connectivity index (χ0n) is 13.0. The Morgan fingerprint density at radius 2 is 1.86 bits per heavy atom. The summed E-state index contributed by atoms with van der Waals surface area (Å²) in [6.07, 6.45) is 0.877. The zero-order valence-corrected chi connectivity index (χ0v) is 13.0. The highest BCUT2D eigenvalue weighted by Crippen LogP contribution is 2.14. The molecule has 0 aromatic heterocycles. The zero-order chi connectivity index (χ0) is 16.3. The van der Waals surface area contributed by atoms with Gasteiger partial charge in [-0.1, -0.05) is 13.8 Å². The second-order valence-electron chi connectivity index (χ2n) is 5.29. The summed E-state index contributed by atoms with van der Waals surface area (Å²) in [7, 11) is 0. The van der Waals surface area contributed by atoms with Crippen molar-refractivity contribution in [2.45, 2.75) is 40.0 Å². The number of hydrogen-bond donors (Lipinski definition) is 3. The van der Waals surface area contributed by atoms with E-state index in [1.807, 2.05) is 13.8 Å². The van der Waals surface area contributed by atoms with E-state index < -0.39 is 12.0 Å². The molecule has 3 N–H and O–H groups in total. The molecular formula is C14H26N2O5. The van der Waals surface area contributed by atoms with Crippen LogP contribution >= 0.6 is 0 Å². The molecule has 1 unspecified atom stereocenters. The molecule has 1 atom stereocenters. The van der Waals surface area contributed by atoms with Crippen molar-refractivity contribution in [3.05, 3.63) is 0 Å². The molecule has 0 bridgehead atoms. The Morgan fingerprint density at radius 1 is 1.19 bits per heavy atom. The topological polar surface area (TPSA) is 105 Å². The summed E-state index contributed by atoms with van der Waals surface area (Å²) in [6.45, 7) is 6.54. The molecule has 0 spiro atoms. The number of aliphatic carboxylic acids is 1. The molecule has 0 aliphatic carbocycles. The van der Waals surface area contributed by atoms with E-state index in [4.69, 9.17) is 9.84 Å². The Morgan fingerprint density at radius 3 is 2.38 bits per heavy atom. The van der Waals surface area contributed by atoms with Gasteiger partial charge in [-0.2, -0.15) is 0 Å². The van der Waals surface area contributed by atoms with Crippen molar-refractivity contribution in [3.8, 4) is 0 Å². The third-order valence-corrected chi connectivity index (χ3v) is 2.74. The Kier molecular flexibility index (Phi) is 10.0. The Labute approximate surface area is 125 Å². The van der Waals surface area contributed by atoms with E-state index in [1.165, 1.54) is 0 Å². The highest BCUT2D eigenvalue weighted by molar-refractivity contribution is 5.75. The smallest absolute Gasteiger partial charge is 0.314 e. The standard InChI is InChI=1S/C14H26N2O5/c1-4-21-13(19)5-6-15-14(20)16-9-11(7-10(2)3)8-12(17)18/h10-11H,4-9H2,1-3H3,(H,17,18)(H2,15,16,20). The van der Waals surface area contributed by atoms with Gasteiger partial charge in [0.2, 0.25) is 0 Å². The maximum absolute atomic E-state index is 11.5. The summed E-state index contributed by atoms with van der Waals surface area (Å²) >= 11 is 0. The molecule has 122 valence electrons. The summed E-state index contributed by atoms with van der Waals surface area (Å²) < 4.78 is 4.73. The fourth-order valence-electron chi connectivity index (χ4n) is 1.96. The van der Waals surface area contributed by atoms with E-state index in [0.29, 0.717) is 19.1 Å². The van der Waals surface area contributed by atoms with E-state index in [2.05, 4.69) is 10.6 Å². The normalized spacial score (nSPS) is 11.8. The number of rotatable bonds is 10. The Hall–Kier alpha value is -1.79. The lowest BCUT2D eigenvalue weighted by atomic mass is 9.94. The summed E-state index contributed by atoms with van der Waals surface area (Å²) in [6, 6.07) is -0.404. The van der Waals surface area contributed by atoms with E-state index >= 15 is 0 Å². The van der Waals surface area contributed by atoms with Crippen molar-refractivity contribution < 1.29 is 24.2 Å². The highest BCUT2D eigenvalue weighted by Gasteiger charge is 2.16. The Bertz CT molecular complexity index is 344. The summed E-state index contributed by atoms with van der Waals surface area (Å²) in [4.78, 5) is 33.4. The average molecular weight is 302 g/mol. The SMILES string of the molecule is CCOC(=O)CCNC(=O)NCC(CC(=O)O)CC(C)C. The molecule has 7 nitrogen and oxygen atoms in total. The van der Waals surface area contributed by atoms with Crippen molar-refractivity contribution >= 4 is 18.0 Å². The van der Waals surface area contributed by atoms with E-state index in [9.17, 15) is 14.4 Å². The molecule has 0 aliphatic heterocycles. The lowest BCUT2D eigenvalue weighted by molar-refractivity contribution is -0.143. The summed E-state index contributed by atoms with van der Waals surface area (Å²) in [5, 5.41) is 14.0. The van der Waals surface area contributed by atoms with Gasteiger partial charge in [0.05, 0.1) is 13.0 Å². The molecule has 0 radical (unpaired) electrons. The molecule has 0 rings (SSSR count). The van der Waals surface area contributed by atoms with Gasteiger partial charge in [0.1, 0.15) is 0 Å². The maximum atomic E-state index is 11.5. The van der Waals surface area contributed by atoms with Gasteiger partial charge >= 0.3 is 18.0 Å². The molecule has 7 heteroatoms. The van der Waals surface area contributed by atoms with Gasteiger partial charge in [-0.3, -0.25) is 9.59 Å². The first-order valence-electron chi connectivity index (χ1n) is 7.24. The predicted octanol–water partition coefficient (Wildman–Crippen LogP) is 1.38. The van der Waals surface area contributed by atoms with Crippen molar-refractivity contribution in [1.82, 2.24) is 10.6 Å². The highest BCUT2D eigenvalue weighted by atomic mass is 16.5. The Balaban J connectivity index is 3.95. The number of amides is 2. The number of esters is 1. The molecule has 0 fully saturated rings. The number of carboxylic acid groups (broad SMARTS) is 1. The monoisotopic (exact) mass is 302 g/mol. The van der Waals surface area contributed by atoms with Crippen molar-refractivity contribution in [1.29, 1.82) is 0 Å². The number of ether oxygens (including phenoxy) is 1. The largest absolute Gasteiger partial charge is 0.481 e. The van der Waals surface area contributed by atoms with E-state index in [0.717, 1.165) is 6.42 Å². The summed E-state index contributed by atoms with van der Waals surface area (Å²) in [5.41, 5.74) is 0. The average Bonchev–Trinajstić information content (AvgIpc) is 2.35. The van der Waals surface area contributed by atoms with Gasteiger partial charge in [-0.05, 0) is 25.2 Å². The van der Waals surface area contributed by atoms with Crippen LogP contribution in [-0.2, 0) is 14.3 Å². The van der Waals surface area contributed by atoms with Crippen LogP contribution in [0.2, 0.25) is 0 Å². The molecule has 0 saturated heterocycles. The second-order valence-corrected chi connectivity index (χ2v) is 5.29. The number of nitrogens with one attached hydrogen (secondary N) is 2. The van der Waals surface area contributed by atoms with Crippen molar-refractivity contribution in [3.63, 3.8) is 0 Å². The van der Waals surface area contributed by atoms with E-state index in [1.54, 1.807) is 6.92 Å². The molecule has 2 amide bonds. The van der Waals surface area contributed by atoms with Crippen LogP contribution in [0.25, 0.3) is 0 Å². The first-order valence-corrected chi connectivity index (χ1v) is 7.24. The van der Waals surface area contributed by atoms with Gasteiger partial charge in [0.25, 0.3) is 0 Å². The van der Waals surface area contributed by atoms with Gasteiger partial charge in [-0.25, -0.2) is 4.79 Å². The minimum Gasteiger partial charge on any atom is -0.481 e. The maximum Gasteiger partial charge on any atom is 0.314 e. The quantitative estimate of drug-likeness (QED) is 0.529. The van der Waals surface area contributed by atoms with Crippen LogP contribution in [0.15, 0.2) is 0 Å². The third kappa shape index (κ3) is 11.7. The van der Waals surface area contributed by atoms with Crippen LogP contribution in [-0.4, -0.2) is 42.8 Å². The second kappa shape index (κ2) is 10.9. The number of urea groups is 1. The van der Waals surface area contributed by atoms with Gasteiger partial charge in [0, 0.05) is 19.5 Å².